The van der Waals surface area contributed by atoms with Crippen LogP contribution in [-0.2, 0) is 0 Å². The average Bonchev–Trinajstić information content (AvgIpc) is 2.90. The second-order valence-corrected chi connectivity index (χ2v) is 4.25. The average molecular weight is 270 g/mol. The fourth-order valence-corrected chi connectivity index (χ4v) is 1.88. The van der Waals surface area contributed by atoms with Crippen molar-refractivity contribution < 1.29 is 4.74 Å². The van der Waals surface area contributed by atoms with Crippen molar-refractivity contribution in [2.45, 2.75) is 13.3 Å². The molecular weight excluding hydrogens is 256 g/mol. The molecule has 0 fully saturated rings. The summed E-state index contributed by atoms with van der Waals surface area (Å²) in [6.45, 7) is 2.57. The molecule has 20 heavy (non-hydrogen) atoms. The molecule has 2 heterocycles. The fourth-order valence-electron chi connectivity index (χ4n) is 1.88. The van der Waals surface area contributed by atoms with Gasteiger partial charge in [-0.1, -0.05) is 24.3 Å². The molecular formula is C13H14N6O. The van der Waals surface area contributed by atoms with E-state index in [4.69, 9.17) is 10.5 Å². The summed E-state index contributed by atoms with van der Waals surface area (Å²) in [5.74, 6) is 0.844. The number of nitrogen functional groups attached to an aromatic ring is 1. The molecule has 0 saturated heterocycles. The van der Waals surface area contributed by atoms with Crippen molar-refractivity contribution in [2.75, 3.05) is 12.3 Å². The number of para-hydroxylation sites is 1. The van der Waals surface area contributed by atoms with Gasteiger partial charge in [-0.3, -0.25) is 0 Å². The smallest absolute Gasteiger partial charge is 0.242 e. The Morgan fingerprint density at radius 2 is 2.10 bits per heavy atom. The third-order valence-corrected chi connectivity index (χ3v) is 2.82. The third-order valence-electron chi connectivity index (χ3n) is 2.82. The van der Waals surface area contributed by atoms with Crippen molar-refractivity contribution in [3.05, 3.63) is 30.6 Å². The molecule has 0 radical (unpaired) electrons. The van der Waals surface area contributed by atoms with Gasteiger partial charge in [0.15, 0.2) is 5.82 Å². The van der Waals surface area contributed by atoms with E-state index < -0.39 is 0 Å². The van der Waals surface area contributed by atoms with E-state index in [1.54, 1.807) is 4.68 Å². The third kappa shape index (κ3) is 2.03. The van der Waals surface area contributed by atoms with E-state index in [9.17, 15) is 0 Å². The first-order valence-corrected chi connectivity index (χ1v) is 6.35. The molecule has 1 aromatic carbocycles. The molecule has 2 aromatic heterocycles. The van der Waals surface area contributed by atoms with Gasteiger partial charge in [0.05, 0.1) is 12.1 Å². The largest absolute Gasteiger partial charge is 0.476 e. The lowest BCUT2D eigenvalue weighted by atomic mass is 10.3. The number of nitrogens with zero attached hydrogens (tertiary/aromatic N) is 5. The summed E-state index contributed by atoms with van der Waals surface area (Å²) in [4.78, 5) is 8.23. The molecule has 0 aliphatic carbocycles. The predicted octanol–water partition coefficient (Wildman–Crippen LogP) is 1.58. The molecule has 7 nitrogen and oxygen atoms in total. The molecule has 0 atom stereocenters. The van der Waals surface area contributed by atoms with E-state index in [0.29, 0.717) is 24.0 Å². The monoisotopic (exact) mass is 270 g/mol. The number of ether oxygens (including phenoxy) is 1. The molecule has 0 aliphatic heterocycles. The molecule has 0 aliphatic rings. The van der Waals surface area contributed by atoms with E-state index in [1.165, 1.54) is 6.33 Å². The SMILES string of the molecule is CCCOc1ncnc(-n2nnc3ccccc32)c1N. The maximum absolute atomic E-state index is 6.07. The Kier molecular flexibility index (Phi) is 3.16. The fraction of sp³-hybridized carbons (Fsp3) is 0.231. The number of nitrogens with two attached hydrogens (primary N) is 1. The molecule has 0 bridgehead atoms. The van der Waals surface area contributed by atoms with E-state index in [0.717, 1.165) is 17.5 Å². The second kappa shape index (κ2) is 5.12. The van der Waals surface area contributed by atoms with Crippen LogP contribution in [0, 0.1) is 0 Å². The van der Waals surface area contributed by atoms with Gasteiger partial charge in [-0.2, -0.15) is 9.67 Å². The summed E-state index contributed by atoms with van der Waals surface area (Å²) < 4.78 is 7.09. The first-order valence-electron chi connectivity index (χ1n) is 6.35. The summed E-state index contributed by atoms with van der Waals surface area (Å²) >= 11 is 0. The number of fused-ring (bicyclic) bond motifs is 1. The highest BCUT2D eigenvalue weighted by Gasteiger charge is 2.14. The lowest BCUT2D eigenvalue weighted by molar-refractivity contribution is 0.306. The highest BCUT2D eigenvalue weighted by Crippen LogP contribution is 2.25. The standard InChI is InChI=1S/C13H14N6O/c1-2-7-20-13-11(14)12(15-8-16-13)19-10-6-4-3-5-9(10)17-18-19/h3-6,8H,2,7,14H2,1H3. The molecule has 3 rings (SSSR count). The van der Waals surface area contributed by atoms with Gasteiger partial charge in [-0.25, -0.2) is 4.98 Å². The minimum Gasteiger partial charge on any atom is -0.476 e. The van der Waals surface area contributed by atoms with Crippen LogP contribution < -0.4 is 10.5 Å². The lowest BCUT2D eigenvalue weighted by Crippen LogP contribution is -2.09. The zero-order valence-corrected chi connectivity index (χ0v) is 11.0. The van der Waals surface area contributed by atoms with Gasteiger partial charge in [-0.15, -0.1) is 5.10 Å². The normalized spacial score (nSPS) is 10.8. The molecule has 0 spiro atoms. The summed E-state index contributed by atoms with van der Waals surface area (Å²) in [5.41, 5.74) is 8.04. The number of benzene rings is 1. The van der Waals surface area contributed by atoms with Crippen molar-refractivity contribution in [2.24, 2.45) is 0 Å². The predicted molar refractivity (Wildman–Crippen MR) is 74.7 cm³/mol. The van der Waals surface area contributed by atoms with Crippen LogP contribution in [0.5, 0.6) is 5.88 Å². The van der Waals surface area contributed by atoms with Crippen molar-refractivity contribution in [1.82, 2.24) is 25.0 Å². The topological polar surface area (TPSA) is 91.7 Å². The Hall–Kier alpha value is -2.70. The van der Waals surface area contributed by atoms with Crippen LogP contribution in [0.15, 0.2) is 30.6 Å². The van der Waals surface area contributed by atoms with Gasteiger partial charge in [0.25, 0.3) is 0 Å². The minimum absolute atomic E-state index is 0.358. The summed E-state index contributed by atoms with van der Waals surface area (Å²) in [6.07, 6.45) is 2.29. The molecule has 0 unspecified atom stereocenters. The van der Waals surface area contributed by atoms with E-state index in [2.05, 4.69) is 20.3 Å². The molecule has 2 N–H and O–H groups in total. The Morgan fingerprint density at radius 1 is 1.25 bits per heavy atom. The Balaban J connectivity index is 2.10. The van der Waals surface area contributed by atoms with Crippen LogP contribution in [0.25, 0.3) is 16.9 Å². The van der Waals surface area contributed by atoms with Crippen LogP contribution in [0.4, 0.5) is 5.69 Å². The van der Waals surface area contributed by atoms with Crippen molar-refractivity contribution >= 4 is 16.7 Å². The van der Waals surface area contributed by atoms with Gasteiger partial charge >= 0.3 is 0 Å². The quantitative estimate of drug-likeness (QED) is 0.773. The maximum Gasteiger partial charge on any atom is 0.242 e. The first-order chi connectivity index (χ1) is 9.81. The van der Waals surface area contributed by atoms with E-state index >= 15 is 0 Å². The van der Waals surface area contributed by atoms with Gasteiger partial charge < -0.3 is 10.5 Å². The van der Waals surface area contributed by atoms with Crippen LogP contribution in [-0.4, -0.2) is 31.6 Å². The van der Waals surface area contributed by atoms with Crippen molar-refractivity contribution in [3.8, 4) is 11.7 Å². The van der Waals surface area contributed by atoms with Crippen LogP contribution in [0.3, 0.4) is 0 Å². The van der Waals surface area contributed by atoms with Crippen LogP contribution >= 0.6 is 0 Å². The number of aromatic nitrogens is 5. The number of rotatable bonds is 4. The Labute approximate surface area is 115 Å². The Morgan fingerprint density at radius 3 is 2.95 bits per heavy atom. The highest BCUT2D eigenvalue weighted by molar-refractivity contribution is 5.77. The zero-order chi connectivity index (χ0) is 13.9. The van der Waals surface area contributed by atoms with Gasteiger partial charge in [0.2, 0.25) is 5.88 Å². The Bertz CT molecular complexity index is 739. The first kappa shape index (κ1) is 12.3. The summed E-state index contributed by atoms with van der Waals surface area (Å²) in [7, 11) is 0. The minimum atomic E-state index is 0.358. The van der Waals surface area contributed by atoms with Gasteiger partial charge in [0, 0.05) is 0 Å². The van der Waals surface area contributed by atoms with Gasteiger partial charge in [0.1, 0.15) is 17.5 Å². The zero-order valence-electron chi connectivity index (χ0n) is 11.0. The summed E-state index contributed by atoms with van der Waals surface area (Å²) in [6, 6.07) is 7.60. The van der Waals surface area contributed by atoms with Crippen molar-refractivity contribution in [3.63, 3.8) is 0 Å². The number of hydrogen-bond acceptors (Lipinski definition) is 6. The molecule has 3 aromatic rings. The van der Waals surface area contributed by atoms with E-state index in [1.807, 2.05) is 31.2 Å². The van der Waals surface area contributed by atoms with Crippen LogP contribution in [0.2, 0.25) is 0 Å². The van der Waals surface area contributed by atoms with Crippen molar-refractivity contribution in [1.29, 1.82) is 0 Å². The number of anilines is 1. The molecule has 7 heteroatoms. The summed E-state index contributed by atoms with van der Waals surface area (Å²) in [5, 5.41) is 8.17. The van der Waals surface area contributed by atoms with Crippen LogP contribution in [0.1, 0.15) is 13.3 Å². The second-order valence-electron chi connectivity index (χ2n) is 4.25. The number of hydrogen-bond donors (Lipinski definition) is 1. The highest BCUT2D eigenvalue weighted by atomic mass is 16.5. The maximum atomic E-state index is 6.07. The van der Waals surface area contributed by atoms with Gasteiger partial charge in [-0.05, 0) is 18.6 Å². The van der Waals surface area contributed by atoms with E-state index in [-0.39, 0.29) is 0 Å². The molecule has 0 saturated carbocycles. The lowest BCUT2D eigenvalue weighted by Gasteiger charge is -2.09. The molecule has 102 valence electrons. The molecule has 0 amide bonds.